The average Bonchev–Trinajstić information content (AvgIpc) is 2.47. The maximum absolute atomic E-state index is 5.74. The average molecular weight is 289 g/mol. The fraction of sp³-hybridized carbons (Fsp3) is 0.667. The molecule has 0 bridgehead atoms. The van der Waals surface area contributed by atoms with Crippen LogP contribution >= 0.6 is 0 Å². The van der Waals surface area contributed by atoms with E-state index in [0.717, 1.165) is 23.3 Å². The second kappa shape index (κ2) is 6.27. The van der Waals surface area contributed by atoms with Gasteiger partial charge in [-0.25, -0.2) is 0 Å². The van der Waals surface area contributed by atoms with Gasteiger partial charge in [-0.2, -0.15) is 0 Å². The number of benzene rings is 1. The minimum Gasteiger partial charge on any atom is -0.486 e. The molecule has 1 N–H and O–H groups in total. The monoisotopic (exact) mass is 289 g/mol. The van der Waals surface area contributed by atoms with Crippen LogP contribution in [0.15, 0.2) is 18.2 Å². The van der Waals surface area contributed by atoms with Crippen LogP contribution in [-0.4, -0.2) is 20.3 Å². The van der Waals surface area contributed by atoms with Gasteiger partial charge in [-0.05, 0) is 61.8 Å². The maximum Gasteiger partial charge on any atom is 0.161 e. The van der Waals surface area contributed by atoms with E-state index in [4.69, 9.17) is 9.47 Å². The highest BCUT2D eigenvalue weighted by molar-refractivity contribution is 5.44. The zero-order valence-corrected chi connectivity index (χ0v) is 13.4. The lowest BCUT2D eigenvalue weighted by atomic mass is 9.72. The molecule has 3 nitrogen and oxygen atoms in total. The molecule has 0 amide bonds. The number of rotatable bonds is 3. The molecule has 1 aromatic rings. The summed E-state index contributed by atoms with van der Waals surface area (Å²) in [5.41, 5.74) is 1.33. The van der Waals surface area contributed by atoms with E-state index in [2.05, 4.69) is 44.4 Å². The van der Waals surface area contributed by atoms with E-state index >= 15 is 0 Å². The summed E-state index contributed by atoms with van der Waals surface area (Å²) in [6.07, 6.45) is 3.99. The molecule has 1 aliphatic heterocycles. The first-order valence-electron chi connectivity index (χ1n) is 8.24. The van der Waals surface area contributed by atoms with Crippen molar-refractivity contribution in [2.75, 3.05) is 20.3 Å². The van der Waals surface area contributed by atoms with E-state index in [0.29, 0.717) is 25.2 Å². The van der Waals surface area contributed by atoms with Crippen LogP contribution in [0.5, 0.6) is 11.5 Å². The number of ether oxygens (including phenoxy) is 2. The van der Waals surface area contributed by atoms with E-state index in [1.807, 2.05) is 0 Å². The van der Waals surface area contributed by atoms with Gasteiger partial charge < -0.3 is 14.8 Å². The van der Waals surface area contributed by atoms with Crippen molar-refractivity contribution in [3.05, 3.63) is 23.8 Å². The molecule has 0 aromatic heterocycles. The van der Waals surface area contributed by atoms with Crippen molar-refractivity contribution in [2.45, 2.75) is 39.2 Å². The second-order valence-electron chi connectivity index (χ2n) is 6.85. The van der Waals surface area contributed by atoms with Crippen LogP contribution in [-0.2, 0) is 0 Å². The predicted octanol–water partition coefficient (Wildman–Crippen LogP) is 3.79. The first kappa shape index (κ1) is 14.7. The Kier molecular flexibility index (Phi) is 4.39. The zero-order chi connectivity index (χ0) is 14.8. The number of fused-ring (bicyclic) bond motifs is 1. The molecule has 3 rings (SSSR count). The van der Waals surface area contributed by atoms with Gasteiger partial charge in [0.25, 0.3) is 0 Å². The Hall–Kier alpha value is -1.22. The van der Waals surface area contributed by atoms with Crippen LogP contribution in [0.4, 0.5) is 0 Å². The van der Waals surface area contributed by atoms with E-state index in [-0.39, 0.29) is 0 Å². The van der Waals surface area contributed by atoms with E-state index in [9.17, 15) is 0 Å². The quantitative estimate of drug-likeness (QED) is 0.918. The third kappa shape index (κ3) is 3.18. The molecular weight excluding hydrogens is 262 g/mol. The van der Waals surface area contributed by atoms with Crippen molar-refractivity contribution >= 4 is 0 Å². The van der Waals surface area contributed by atoms with Crippen LogP contribution in [0.1, 0.15) is 44.7 Å². The van der Waals surface area contributed by atoms with Crippen LogP contribution in [0.25, 0.3) is 0 Å². The lowest BCUT2D eigenvalue weighted by Gasteiger charge is -2.37. The third-order valence-corrected chi connectivity index (χ3v) is 4.92. The molecule has 0 spiro atoms. The van der Waals surface area contributed by atoms with Gasteiger partial charge in [0.15, 0.2) is 11.5 Å². The van der Waals surface area contributed by atoms with Crippen molar-refractivity contribution in [3.8, 4) is 11.5 Å². The molecule has 1 aliphatic carbocycles. The standard InChI is InChI=1S/C18H27NO2/c1-12-8-13(2)10-15(9-12)18(19-3)14-4-5-16-17(11-14)21-7-6-20-16/h4-5,11-13,15,18-19H,6-10H2,1-3H3. The first-order chi connectivity index (χ1) is 10.2. The Balaban J connectivity index is 1.82. The molecule has 1 saturated carbocycles. The molecule has 1 aromatic carbocycles. The number of hydrogen-bond donors (Lipinski definition) is 1. The molecule has 1 fully saturated rings. The largest absolute Gasteiger partial charge is 0.486 e. The molecule has 116 valence electrons. The molecule has 3 atom stereocenters. The molecule has 0 radical (unpaired) electrons. The van der Waals surface area contributed by atoms with E-state index in [1.54, 1.807) is 0 Å². The van der Waals surface area contributed by atoms with Crippen molar-refractivity contribution in [1.82, 2.24) is 5.32 Å². The summed E-state index contributed by atoms with van der Waals surface area (Å²) < 4.78 is 11.4. The van der Waals surface area contributed by atoms with Gasteiger partial charge in [0.2, 0.25) is 0 Å². The van der Waals surface area contributed by atoms with Gasteiger partial charge in [0.1, 0.15) is 13.2 Å². The van der Waals surface area contributed by atoms with Crippen LogP contribution in [0.3, 0.4) is 0 Å². The minimum atomic E-state index is 0.408. The first-order valence-corrected chi connectivity index (χ1v) is 8.24. The third-order valence-electron chi connectivity index (χ3n) is 4.92. The normalized spacial score (nSPS) is 30.0. The maximum atomic E-state index is 5.74. The molecule has 2 aliphatic rings. The summed E-state index contributed by atoms with van der Waals surface area (Å²) in [6.45, 7) is 6.08. The van der Waals surface area contributed by atoms with Gasteiger partial charge >= 0.3 is 0 Å². The molecule has 21 heavy (non-hydrogen) atoms. The highest BCUT2D eigenvalue weighted by Crippen LogP contribution is 2.41. The van der Waals surface area contributed by atoms with Crippen LogP contribution in [0.2, 0.25) is 0 Å². The minimum absolute atomic E-state index is 0.408. The lowest BCUT2D eigenvalue weighted by molar-refractivity contribution is 0.168. The fourth-order valence-corrected chi connectivity index (χ4v) is 4.21. The van der Waals surface area contributed by atoms with E-state index < -0.39 is 0 Å². The number of nitrogens with one attached hydrogen (secondary N) is 1. The smallest absolute Gasteiger partial charge is 0.161 e. The van der Waals surface area contributed by atoms with Gasteiger partial charge in [-0.3, -0.25) is 0 Å². The van der Waals surface area contributed by atoms with Crippen LogP contribution in [0, 0.1) is 17.8 Å². The van der Waals surface area contributed by atoms with Crippen LogP contribution < -0.4 is 14.8 Å². The van der Waals surface area contributed by atoms with Gasteiger partial charge in [-0.15, -0.1) is 0 Å². The van der Waals surface area contributed by atoms with Gasteiger partial charge in [0.05, 0.1) is 0 Å². The molecule has 0 saturated heterocycles. The van der Waals surface area contributed by atoms with Crippen molar-refractivity contribution in [3.63, 3.8) is 0 Å². The topological polar surface area (TPSA) is 30.5 Å². The summed E-state index contributed by atoms with van der Waals surface area (Å²) in [6, 6.07) is 6.83. The predicted molar refractivity (Wildman–Crippen MR) is 84.9 cm³/mol. The fourth-order valence-electron chi connectivity index (χ4n) is 4.21. The Morgan fingerprint density at radius 1 is 1.00 bits per heavy atom. The molecule has 3 unspecified atom stereocenters. The van der Waals surface area contributed by atoms with Crippen molar-refractivity contribution < 1.29 is 9.47 Å². The van der Waals surface area contributed by atoms with Crippen molar-refractivity contribution in [2.24, 2.45) is 17.8 Å². The molecule has 3 heteroatoms. The molecular formula is C18H27NO2. The summed E-state index contributed by atoms with van der Waals surface area (Å²) in [4.78, 5) is 0. The summed E-state index contributed by atoms with van der Waals surface area (Å²) in [7, 11) is 2.07. The molecule has 1 heterocycles. The zero-order valence-electron chi connectivity index (χ0n) is 13.4. The lowest BCUT2D eigenvalue weighted by Crippen LogP contribution is -2.31. The second-order valence-corrected chi connectivity index (χ2v) is 6.85. The highest BCUT2D eigenvalue weighted by Gasteiger charge is 2.30. The summed E-state index contributed by atoms with van der Waals surface area (Å²) in [5, 5.41) is 3.54. The van der Waals surface area contributed by atoms with Crippen molar-refractivity contribution in [1.29, 1.82) is 0 Å². The Morgan fingerprint density at radius 3 is 2.33 bits per heavy atom. The Labute approximate surface area is 128 Å². The summed E-state index contributed by atoms with van der Waals surface area (Å²) >= 11 is 0. The Bertz CT molecular complexity index is 478. The summed E-state index contributed by atoms with van der Waals surface area (Å²) in [5.74, 6) is 4.14. The highest BCUT2D eigenvalue weighted by atomic mass is 16.6. The Morgan fingerprint density at radius 2 is 1.67 bits per heavy atom. The van der Waals surface area contributed by atoms with Gasteiger partial charge in [0, 0.05) is 6.04 Å². The number of hydrogen-bond acceptors (Lipinski definition) is 3. The SMILES string of the molecule is CNC(c1ccc2c(c1)OCCO2)C1CC(C)CC(C)C1. The van der Waals surface area contributed by atoms with E-state index in [1.165, 1.54) is 24.8 Å². The van der Waals surface area contributed by atoms with Gasteiger partial charge in [-0.1, -0.05) is 19.9 Å².